The number of benzene rings is 1. The zero-order valence-corrected chi connectivity index (χ0v) is 15.2. The van der Waals surface area contributed by atoms with Crippen LogP contribution in [0.4, 0.5) is 5.69 Å². The van der Waals surface area contributed by atoms with Gasteiger partial charge in [0.15, 0.2) is 0 Å². The van der Waals surface area contributed by atoms with Crippen LogP contribution in [0.3, 0.4) is 0 Å². The Kier molecular flexibility index (Phi) is 5.43. The number of furan rings is 1. The van der Waals surface area contributed by atoms with Gasteiger partial charge in [-0.1, -0.05) is 12.1 Å². The first-order valence-corrected chi connectivity index (χ1v) is 8.77. The Morgan fingerprint density at radius 2 is 1.80 bits per heavy atom. The molecule has 0 spiro atoms. The third-order valence-corrected chi connectivity index (χ3v) is 4.59. The molecule has 2 heterocycles. The Morgan fingerprint density at radius 1 is 1.08 bits per heavy atom. The van der Waals surface area contributed by atoms with Crippen LogP contribution in [0.15, 0.2) is 34.7 Å². The number of carbonyl (C=O) groups excluding carboxylic acids is 1. The van der Waals surface area contributed by atoms with E-state index in [1.165, 1.54) is 23.7 Å². The van der Waals surface area contributed by atoms with Crippen molar-refractivity contribution in [2.75, 3.05) is 31.1 Å². The van der Waals surface area contributed by atoms with Gasteiger partial charge in [0, 0.05) is 38.8 Å². The smallest absolute Gasteiger partial charge is 0.303 e. The standard InChI is InChI=1S/C20H26N2O3/c1-15-4-5-16(2)20(12-15)22-10-8-21(9-11-22)13-18-6-7-19(25-18)14-24-17(3)23/h4-7,12H,8-11,13-14H2,1-3H3. The maximum atomic E-state index is 10.9. The Labute approximate surface area is 149 Å². The number of carbonyl (C=O) groups is 1. The highest BCUT2D eigenvalue weighted by Gasteiger charge is 2.19. The van der Waals surface area contributed by atoms with Crippen LogP contribution < -0.4 is 4.90 Å². The summed E-state index contributed by atoms with van der Waals surface area (Å²) in [5, 5.41) is 0. The summed E-state index contributed by atoms with van der Waals surface area (Å²) in [6.07, 6.45) is 0. The molecule has 1 aliphatic rings. The Balaban J connectivity index is 1.52. The molecule has 1 saturated heterocycles. The predicted molar refractivity (Wildman–Crippen MR) is 97.6 cm³/mol. The maximum Gasteiger partial charge on any atom is 0.303 e. The van der Waals surface area contributed by atoms with Gasteiger partial charge >= 0.3 is 5.97 Å². The number of anilines is 1. The fourth-order valence-electron chi connectivity index (χ4n) is 3.19. The SMILES string of the molecule is CC(=O)OCc1ccc(CN2CCN(c3cc(C)ccc3C)CC2)o1. The average Bonchev–Trinajstić information content (AvgIpc) is 3.03. The Hall–Kier alpha value is -2.27. The second-order valence-corrected chi connectivity index (χ2v) is 6.70. The molecule has 0 aliphatic carbocycles. The first-order chi connectivity index (χ1) is 12.0. The molecule has 0 saturated carbocycles. The molecule has 0 atom stereocenters. The van der Waals surface area contributed by atoms with Gasteiger partial charge in [0.05, 0.1) is 6.54 Å². The van der Waals surface area contributed by atoms with Crippen LogP contribution in [-0.4, -0.2) is 37.0 Å². The van der Waals surface area contributed by atoms with Crippen molar-refractivity contribution < 1.29 is 13.9 Å². The second-order valence-electron chi connectivity index (χ2n) is 6.70. The largest absolute Gasteiger partial charge is 0.461 e. The fourth-order valence-corrected chi connectivity index (χ4v) is 3.19. The third-order valence-electron chi connectivity index (χ3n) is 4.59. The molecule has 5 nitrogen and oxygen atoms in total. The molecule has 0 bridgehead atoms. The quantitative estimate of drug-likeness (QED) is 0.780. The molecular weight excluding hydrogens is 316 g/mol. The van der Waals surface area contributed by atoms with Gasteiger partial charge in [-0.05, 0) is 43.2 Å². The number of rotatable bonds is 5. The summed E-state index contributed by atoms with van der Waals surface area (Å²) in [6.45, 7) is 10.8. The molecule has 5 heteroatoms. The van der Waals surface area contributed by atoms with Crippen molar-refractivity contribution in [3.05, 3.63) is 53.0 Å². The number of ether oxygens (including phenoxy) is 1. The minimum Gasteiger partial charge on any atom is -0.461 e. The summed E-state index contributed by atoms with van der Waals surface area (Å²) in [7, 11) is 0. The first kappa shape index (κ1) is 17.5. The van der Waals surface area contributed by atoms with Gasteiger partial charge in [-0.25, -0.2) is 0 Å². The van der Waals surface area contributed by atoms with E-state index in [9.17, 15) is 4.79 Å². The monoisotopic (exact) mass is 342 g/mol. The number of esters is 1. The first-order valence-electron chi connectivity index (χ1n) is 8.77. The number of nitrogens with zero attached hydrogens (tertiary/aromatic N) is 2. The lowest BCUT2D eigenvalue weighted by atomic mass is 10.1. The second kappa shape index (κ2) is 7.74. The summed E-state index contributed by atoms with van der Waals surface area (Å²) in [5.41, 5.74) is 3.99. The van der Waals surface area contributed by atoms with Gasteiger partial charge in [0.1, 0.15) is 18.1 Å². The molecule has 1 aliphatic heterocycles. The molecule has 3 rings (SSSR count). The minimum absolute atomic E-state index is 0.204. The lowest BCUT2D eigenvalue weighted by molar-refractivity contribution is -0.142. The van der Waals surface area contributed by atoms with Crippen molar-refractivity contribution >= 4 is 11.7 Å². The van der Waals surface area contributed by atoms with Gasteiger partial charge in [0.2, 0.25) is 0 Å². The van der Waals surface area contributed by atoms with Gasteiger partial charge in [0.25, 0.3) is 0 Å². The highest BCUT2D eigenvalue weighted by molar-refractivity contribution is 5.65. The zero-order chi connectivity index (χ0) is 17.8. The van der Waals surface area contributed by atoms with Gasteiger partial charge in [-0.2, -0.15) is 0 Å². The molecule has 0 amide bonds. The fraction of sp³-hybridized carbons (Fsp3) is 0.450. The molecule has 0 radical (unpaired) electrons. The molecule has 134 valence electrons. The van der Waals surface area contributed by atoms with Crippen LogP contribution >= 0.6 is 0 Å². The van der Waals surface area contributed by atoms with Crippen LogP contribution in [0.25, 0.3) is 0 Å². The van der Waals surface area contributed by atoms with Crippen molar-refractivity contribution in [2.24, 2.45) is 0 Å². The predicted octanol–water partition coefficient (Wildman–Crippen LogP) is 3.28. The summed E-state index contributed by atoms with van der Waals surface area (Å²) < 4.78 is 10.7. The van der Waals surface area contributed by atoms with Crippen LogP contribution in [0.1, 0.15) is 29.6 Å². The van der Waals surface area contributed by atoms with Gasteiger partial charge in [-0.15, -0.1) is 0 Å². The Morgan fingerprint density at radius 3 is 2.52 bits per heavy atom. The molecule has 0 unspecified atom stereocenters. The summed E-state index contributed by atoms with van der Waals surface area (Å²) >= 11 is 0. The highest BCUT2D eigenvalue weighted by atomic mass is 16.5. The molecule has 2 aromatic rings. The summed E-state index contributed by atoms with van der Waals surface area (Å²) in [4.78, 5) is 15.7. The van der Waals surface area contributed by atoms with Crippen LogP contribution in [0.2, 0.25) is 0 Å². The van der Waals surface area contributed by atoms with E-state index in [4.69, 9.17) is 9.15 Å². The van der Waals surface area contributed by atoms with E-state index in [-0.39, 0.29) is 12.6 Å². The van der Waals surface area contributed by atoms with Gasteiger partial charge < -0.3 is 14.1 Å². The van der Waals surface area contributed by atoms with Crippen molar-refractivity contribution in [3.63, 3.8) is 0 Å². The van der Waals surface area contributed by atoms with E-state index in [2.05, 4.69) is 41.8 Å². The van der Waals surface area contributed by atoms with E-state index in [1.807, 2.05) is 12.1 Å². The molecular formula is C20H26N2O3. The molecule has 1 aromatic heterocycles. The van der Waals surface area contributed by atoms with Crippen molar-refractivity contribution in [1.29, 1.82) is 0 Å². The number of piperazine rings is 1. The van der Waals surface area contributed by atoms with E-state index < -0.39 is 0 Å². The van der Waals surface area contributed by atoms with Crippen molar-refractivity contribution in [3.8, 4) is 0 Å². The molecule has 25 heavy (non-hydrogen) atoms. The zero-order valence-electron chi connectivity index (χ0n) is 15.2. The lowest BCUT2D eigenvalue weighted by Crippen LogP contribution is -2.46. The topological polar surface area (TPSA) is 45.9 Å². The van der Waals surface area contributed by atoms with Crippen LogP contribution in [-0.2, 0) is 22.7 Å². The maximum absolute atomic E-state index is 10.9. The minimum atomic E-state index is -0.291. The average molecular weight is 342 g/mol. The van der Waals surface area contributed by atoms with Crippen molar-refractivity contribution in [2.45, 2.75) is 33.9 Å². The van der Waals surface area contributed by atoms with Gasteiger partial charge in [-0.3, -0.25) is 9.69 Å². The molecule has 0 N–H and O–H groups in total. The molecule has 1 aromatic carbocycles. The van der Waals surface area contributed by atoms with E-state index in [1.54, 1.807) is 0 Å². The molecule has 1 fully saturated rings. The van der Waals surface area contributed by atoms with E-state index in [0.717, 1.165) is 38.5 Å². The normalized spacial score (nSPS) is 15.4. The van der Waals surface area contributed by atoms with Crippen LogP contribution in [0, 0.1) is 13.8 Å². The lowest BCUT2D eigenvalue weighted by Gasteiger charge is -2.36. The number of aryl methyl sites for hydroxylation is 2. The third kappa shape index (κ3) is 4.63. The number of hydrogen-bond donors (Lipinski definition) is 0. The summed E-state index contributed by atoms with van der Waals surface area (Å²) in [5.74, 6) is 1.32. The van der Waals surface area contributed by atoms with Crippen LogP contribution in [0.5, 0.6) is 0 Å². The van der Waals surface area contributed by atoms with Crippen molar-refractivity contribution in [1.82, 2.24) is 4.90 Å². The van der Waals surface area contributed by atoms with E-state index >= 15 is 0 Å². The highest BCUT2D eigenvalue weighted by Crippen LogP contribution is 2.23. The number of hydrogen-bond acceptors (Lipinski definition) is 5. The Bertz CT molecular complexity index is 730. The summed E-state index contributed by atoms with van der Waals surface area (Å²) in [6, 6.07) is 10.5. The van der Waals surface area contributed by atoms with E-state index in [0.29, 0.717) is 5.76 Å².